The lowest BCUT2D eigenvalue weighted by Crippen LogP contribution is -1.94. The molecule has 2 heterocycles. The predicted octanol–water partition coefficient (Wildman–Crippen LogP) is 5.16. The van der Waals surface area contributed by atoms with Gasteiger partial charge in [-0.25, -0.2) is 0 Å². The van der Waals surface area contributed by atoms with Gasteiger partial charge in [-0.3, -0.25) is 4.79 Å². The lowest BCUT2D eigenvalue weighted by Gasteiger charge is -1.94. The van der Waals surface area contributed by atoms with Gasteiger partial charge in [0.1, 0.15) is 0 Å². The molecular weight excluding hydrogens is 336 g/mol. The second kappa shape index (κ2) is 6.47. The fourth-order valence-electron chi connectivity index (χ4n) is 2.38. The Labute approximate surface area is 147 Å². The maximum absolute atomic E-state index is 12.7. The average molecular weight is 348 g/mol. The molecule has 0 atom stereocenters. The molecule has 0 aliphatic carbocycles. The van der Waals surface area contributed by atoms with Gasteiger partial charge in [0.05, 0.1) is 21.1 Å². The Morgan fingerprint density at radius 3 is 1.50 bits per heavy atom. The Bertz CT molecular complexity index is 895. The van der Waals surface area contributed by atoms with E-state index < -0.39 is 0 Å². The van der Waals surface area contributed by atoms with Gasteiger partial charge in [0, 0.05) is 11.1 Å². The van der Waals surface area contributed by atoms with E-state index in [1.165, 1.54) is 23.1 Å². The minimum absolute atomic E-state index is 0.0191. The van der Waals surface area contributed by atoms with Crippen molar-refractivity contribution in [3.63, 3.8) is 0 Å². The summed E-state index contributed by atoms with van der Waals surface area (Å²) in [6, 6.07) is 23.4. The van der Waals surface area contributed by atoms with Gasteiger partial charge in [-0.05, 0) is 35.2 Å². The standard InChI is InChI=1S/C19H12N2OS2/c22-19(17-11-15(20-23-17)13-7-3-1-4-8-13)18-12-16(21-24-18)14-9-5-2-6-10-14/h1-12H. The normalized spacial score (nSPS) is 10.7. The van der Waals surface area contributed by atoms with Crippen LogP contribution in [0.4, 0.5) is 0 Å². The van der Waals surface area contributed by atoms with E-state index in [9.17, 15) is 4.79 Å². The third-order valence-corrected chi connectivity index (χ3v) is 5.18. The fraction of sp³-hybridized carbons (Fsp3) is 0. The Morgan fingerprint density at radius 2 is 1.08 bits per heavy atom. The quantitative estimate of drug-likeness (QED) is 0.478. The van der Waals surface area contributed by atoms with Crippen LogP contribution in [0.5, 0.6) is 0 Å². The van der Waals surface area contributed by atoms with Crippen LogP contribution in [0.1, 0.15) is 14.5 Å². The summed E-state index contributed by atoms with van der Waals surface area (Å²) in [7, 11) is 0. The molecule has 0 spiro atoms. The highest BCUT2D eigenvalue weighted by molar-refractivity contribution is 7.12. The summed E-state index contributed by atoms with van der Waals surface area (Å²) in [5, 5.41) is 0. The molecule has 0 bridgehead atoms. The van der Waals surface area contributed by atoms with Crippen LogP contribution in [-0.2, 0) is 0 Å². The Kier molecular flexibility index (Phi) is 4.02. The number of carbonyl (C=O) groups is 1. The second-order valence-electron chi connectivity index (χ2n) is 5.21. The minimum atomic E-state index is -0.0191. The van der Waals surface area contributed by atoms with Crippen molar-refractivity contribution >= 4 is 28.8 Å². The highest BCUT2D eigenvalue weighted by atomic mass is 32.1. The molecule has 0 aliphatic heterocycles. The summed E-state index contributed by atoms with van der Waals surface area (Å²) < 4.78 is 8.81. The molecule has 0 saturated carbocycles. The zero-order chi connectivity index (χ0) is 16.4. The van der Waals surface area contributed by atoms with Crippen LogP contribution in [0.2, 0.25) is 0 Å². The van der Waals surface area contributed by atoms with Crippen LogP contribution in [0, 0.1) is 0 Å². The third-order valence-electron chi connectivity index (χ3n) is 3.61. The maximum atomic E-state index is 12.7. The Hall–Kier alpha value is -2.63. The smallest absolute Gasteiger partial charge is 0.216 e. The molecule has 0 saturated heterocycles. The molecule has 4 rings (SSSR count). The molecule has 0 radical (unpaired) electrons. The van der Waals surface area contributed by atoms with Gasteiger partial charge in [-0.15, -0.1) is 0 Å². The van der Waals surface area contributed by atoms with Gasteiger partial charge in [0.2, 0.25) is 5.78 Å². The third kappa shape index (κ3) is 2.91. The Morgan fingerprint density at radius 1 is 0.667 bits per heavy atom. The molecule has 0 amide bonds. The molecule has 0 unspecified atom stereocenters. The van der Waals surface area contributed by atoms with E-state index in [1.807, 2.05) is 72.8 Å². The first kappa shape index (κ1) is 14.9. The molecule has 116 valence electrons. The fourth-order valence-corrected chi connectivity index (χ4v) is 3.86. The zero-order valence-electron chi connectivity index (χ0n) is 12.5. The zero-order valence-corrected chi connectivity index (χ0v) is 14.2. The highest BCUT2D eigenvalue weighted by Gasteiger charge is 2.17. The lowest BCUT2D eigenvalue weighted by atomic mass is 10.1. The van der Waals surface area contributed by atoms with Gasteiger partial charge >= 0.3 is 0 Å². The van der Waals surface area contributed by atoms with E-state index in [4.69, 9.17) is 0 Å². The summed E-state index contributed by atoms with van der Waals surface area (Å²) >= 11 is 2.46. The van der Waals surface area contributed by atoms with Crippen LogP contribution in [0.15, 0.2) is 72.8 Å². The SMILES string of the molecule is O=C(c1cc(-c2ccccc2)ns1)c1cc(-c2ccccc2)ns1. The van der Waals surface area contributed by atoms with Crippen LogP contribution in [-0.4, -0.2) is 14.5 Å². The first-order valence-electron chi connectivity index (χ1n) is 7.40. The molecule has 3 nitrogen and oxygen atoms in total. The van der Waals surface area contributed by atoms with Crippen LogP contribution < -0.4 is 0 Å². The van der Waals surface area contributed by atoms with Crippen LogP contribution in [0.3, 0.4) is 0 Å². The molecular formula is C19H12N2OS2. The number of hydrogen-bond donors (Lipinski definition) is 0. The largest absolute Gasteiger partial charge is 0.287 e. The van der Waals surface area contributed by atoms with Gasteiger partial charge in [-0.2, -0.15) is 8.75 Å². The number of hydrogen-bond acceptors (Lipinski definition) is 5. The number of rotatable bonds is 4. The molecule has 0 fully saturated rings. The number of aromatic nitrogens is 2. The van der Waals surface area contributed by atoms with Crippen molar-refractivity contribution in [3.8, 4) is 22.5 Å². The number of ketones is 1. The van der Waals surface area contributed by atoms with Gasteiger partial charge in [0.15, 0.2) is 0 Å². The summed E-state index contributed by atoms with van der Waals surface area (Å²) in [6.45, 7) is 0. The molecule has 24 heavy (non-hydrogen) atoms. The van der Waals surface area contributed by atoms with Crippen molar-refractivity contribution in [2.45, 2.75) is 0 Å². The van der Waals surface area contributed by atoms with E-state index in [0.29, 0.717) is 9.75 Å². The maximum Gasteiger partial charge on any atom is 0.216 e. The predicted molar refractivity (Wildman–Crippen MR) is 98.5 cm³/mol. The van der Waals surface area contributed by atoms with E-state index in [2.05, 4.69) is 8.75 Å². The van der Waals surface area contributed by atoms with Gasteiger partial charge < -0.3 is 0 Å². The molecule has 2 aromatic heterocycles. The summed E-state index contributed by atoms with van der Waals surface area (Å²) in [4.78, 5) is 13.9. The number of nitrogens with zero attached hydrogens (tertiary/aromatic N) is 2. The molecule has 0 N–H and O–H groups in total. The average Bonchev–Trinajstić information content (AvgIpc) is 3.33. The lowest BCUT2D eigenvalue weighted by molar-refractivity contribution is 0.104. The molecule has 2 aromatic carbocycles. The van der Waals surface area contributed by atoms with Gasteiger partial charge in [0.25, 0.3) is 0 Å². The molecule has 5 heteroatoms. The highest BCUT2D eigenvalue weighted by Crippen LogP contribution is 2.27. The van der Waals surface area contributed by atoms with Crippen molar-refractivity contribution < 1.29 is 4.79 Å². The summed E-state index contributed by atoms with van der Waals surface area (Å²) in [5.41, 5.74) is 3.69. The van der Waals surface area contributed by atoms with E-state index in [0.717, 1.165) is 22.5 Å². The van der Waals surface area contributed by atoms with Crippen molar-refractivity contribution in [2.75, 3.05) is 0 Å². The molecule has 0 aliphatic rings. The summed E-state index contributed by atoms with van der Waals surface area (Å²) in [6.07, 6.45) is 0. The summed E-state index contributed by atoms with van der Waals surface area (Å²) in [5.74, 6) is -0.0191. The monoisotopic (exact) mass is 348 g/mol. The minimum Gasteiger partial charge on any atom is -0.287 e. The van der Waals surface area contributed by atoms with E-state index in [-0.39, 0.29) is 5.78 Å². The van der Waals surface area contributed by atoms with E-state index >= 15 is 0 Å². The topological polar surface area (TPSA) is 42.9 Å². The molecule has 4 aromatic rings. The van der Waals surface area contributed by atoms with E-state index in [1.54, 1.807) is 0 Å². The first-order chi connectivity index (χ1) is 11.8. The van der Waals surface area contributed by atoms with Crippen molar-refractivity contribution in [3.05, 3.63) is 82.6 Å². The van der Waals surface area contributed by atoms with Crippen molar-refractivity contribution in [2.24, 2.45) is 0 Å². The van der Waals surface area contributed by atoms with Crippen molar-refractivity contribution in [1.29, 1.82) is 0 Å². The first-order valence-corrected chi connectivity index (χ1v) is 8.95. The number of benzene rings is 2. The van der Waals surface area contributed by atoms with Gasteiger partial charge in [-0.1, -0.05) is 60.7 Å². The van der Waals surface area contributed by atoms with Crippen molar-refractivity contribution in [1.82, 2.24) is 8.75 Å². The Balaban J connectivity index is 1.61. The van der Waals surface area contributed by atoms with Crippen LogP contribution >= 0.6 is 23.1 Å². The number of carbonyl (C=O) groups excluding carboxylic acids is 1. The van der Waals surface area contributed by atoms with Crippen LogP contribution in [0.25, 0.3) is 22.5 Å². The second-order valence-corrected chi connectivity index (χ2v) is 6.82.